The molecule has 0 spiro atoms. The molecular weight excluding hydrogens is 344 g/mol. The second kappa shape index (κ2) is 7.44. The molecule has 0 unspecified atom stereocenters. The fraction of sp³-hybridized carbons (Fsp3) is 0.125. The van der Waals surface area contributed by atoms with Gasteiger partial charge in [-0.15, -0.1) is 0 Å². The van der Waals surface area contributed by atoms with E-state index in [4.69, 9.17) is 27.9 Å². The molecule has 2 rings (SSSR count). The van der Waals surface area contributed by atoms with Crippen LogP contribution in [0.3, 0.4) is 0 Å². The van der Waals surface area contributed by atoms with Gasteiger partial charge in [-0.05, 0) is 48.9 Å². The van der Waals surface area contributed by atoms with Gasteiger partial charge in [-0.2, -0.15) is 0 Å². The molecule has 0 saturated carbocycles. The molecule has 0 aliphatic rings. The summed E-state index contributed by atoms with van der Waals surface area (Å²) < 4.78 is 18.4. The first kappa shape index (κ1) is 17.2. The van der Waals surface area contributed by atoms with Gasteiger partial charge in [0.1, 0.15) is 5.82 Å². The highest BCUT2D eigenvalue weighted by Gasteiger charge is 2.15. The minimum Gasteiger partial charge on any atom is -0.452 e. The number of hydrogen-bond acceptors (Lipinski definition) is 3. The van der Waals surface area contributed by atoms with E-state index in [1.165, 1.54) is 12.1 Å². The van der Waals surface area contributed by atoms with Crippen LogP contribution >= 0.6 is 23.2 Å². The fourth-order valence-corrected chi connectivity index (χ4v) is 2.20. The minimum atomic E-state index is -0.942. The van der Waals surface area contributed by atoms with Gasteiger partial charge in [0.05, 0.1) is 5.56 Å². The highest BCUT2D eigenvalue weighted by molar-refractivity contribution is 6.31. The summed E-state index contributed by atoms with van der Waals surface area (Å²) >= 11 is 11.4. The van der Waals surface area contributed by atoms with E-state index in [-0.39, 0.29) is 10.6 Å². The zero-order valence-corrected chi connectivity index (χ0v) is 13.5. The summed E-state index contributed by atoms with van der Waals surface area (Å²) in [5.74, 6) is -2.29. The molecule has 23 heavy (non-hydrogen) atoms. The molecule has 120 valence electrons. The summed E-state index contributed by atoms with van der Waals surface area (Å²) in [4.78, 5) is 23.5. The van der Waals surface area contributed by atoms with Crippen LogP contribution in [0.4, 0.5) is 10.1 Å². The van der Waals surface area contributed by atoms with Gasteiger partial charge in [-0.3, -0.25) is 4.79 Å². The van der Waals surface area contributed by atoms with Crippen molar-refractivity contribution in [3.63, 3.8) is 0 Å². The van der Waals surface area contributed by atoms with Crippen LogP contribution in [0.15, 0.2) is 36.4 Å². The van der Waals surface area contributed by atoms with E-state index >= 15 is 0 Å². The number of ether oxygens (including phenoxy) is 1. The van der Waals surface area contributed by atoms with Crippen molar-refractivity contribution in [2.24, 2.45) is 0 Å². The molecule has 0 aliphatic heterocycles. The molecule has 0 bridgehead atoms. The van der Waals surface area contributed by atoms with Crippen molar-refractivity contribution in [3.05, 3.63) is 63.4 Å². The predicted molar refractivity (Wildman–Crippen MR) is 86.5 cm³/mol. The van der Waals surface area contributed by atoms with Crippen molar-refractivity contribution in [1.29, 1.82) is 0 Å². The van der Waals surface area contributed by atoms with Gasteiger partial charge in [-0.1, -0.05) is 23.2 Å². The number of amides is 1. The lowest BCUT2D eigenvalue weighted by Gasteiger charge is -2.09. The van der Waals surface area contributed by atoms with Gasteiger partial charge in [-0.25, -0.2) is 9.18 Å². The lowest BCUT2D eigenvalue weighted by atomic mass is 10.2. The first-order valence-corrected chi connectivity index (χ1v) is 7.30. The zero-order valence-electron chi connectivity index (χ0n) is 12.0. The van der Waals surface area contributed by atoms with Crippen molar-refractivity contribution in [2.45, 2.75) is 6.92 Å². The second-order valence-electron chi connectivity index (χ2n) is 4.71. The van der Waals surface area contributed by atoms with Crippen molar-refractivity contribution in [3.8, 4) is 0 Å². The standard InChI is InChI=1S/C16H12Cl2FNO3/c1-9-6-10(17)3-5-14(9)20-15(21)8-23-16(22)12-4-2-11(18)7-13(12)19/h2-7H,8H2,1H3,(H,20,21). The Labute approximate surface area is 142 Å². The maximum absolute atomic E-state index is 13.6. The summed E-state index contributed by atoms with van der Waals surface area (Å²) in [7, 11) is 0. The third-order valence-corrected chi connectivity index (χ3v) is 3.42. The number of hydrogen-bond donors (Lipinski definition) is 1. The van der Waals surface area contributed by atoms with E-state index in [9.17, 15) is 14.0 Å². The van der Waals surface area contributed by atoms with Crippen LogP contribution in [0.1, 0.15) is 15.9 Å². The maximum Gasteiger partial charge on any atom is 0.341 e. The van der Waals surface area contributed by atoms with Crippen molar-refractivity contribution in [2.75, 3.05) is 11.9 Å². The van der Waals surface area contributed by atoms with Gasteiger partial charge in [0.25, 0.3) is 5.91 Å². The molecule has 0 aromatic heterocycles. The molecule has 0 fully saturated rings. The smallest absolute Gasteiger partial charge is 0.341 e. The number of rotatable bonds is 4. The molecular formula is C16H12Cl2FNO3. The maximum atomic E-state index is 13.6. The normalized spacial score (nSPS) is 10.3. The summed E-state index contributed by atoms with van der Waals surface area (Å²) in [6.45, 7) is 1.24. The molecule has 0 saturated heterocycles. The number of nitrogens with one attached hydrogen (secondary N) is 1. The number of esters is 1. The van der Waals surface area contributed by atoms with Crippen LogP contribution in [0.2, 0.25) is 10.0 Å². The molecule has 0 heterocycles. The highest BCUT2D eigenvalue weighted by Crippen LogP contribution is 2.19. The molecule has 0 radical (unpaired) electrons. The average Bonchev–Trinajstić information content (AvgIpc) is 2.48. The Morgan fingerprint density at radius 2 is 1.78 bits per heavy atom. The topological polar surface area (TPSA) is 55.4 Å². The SMILES string of the molecule is Cc1cc(Cl)ccc1NC(=O)COC(=O)c1ccc(Cl)cc1F. The number of anilines is 1. The summed E-state index contributed by atoms with van der Waals surface area (Å²) in [5, 5.41) is 3.29. The van der Waals surface area contributed by atoms with E-state index in [2.05, 4.69) is 5.32 Å². The predicted octanol–water partition coefficient (Wildman–Crippen LogP) is 4.24. The summed E-state index contributed by atoms with van der Waals surface area (Å²) in [6, 6.07) is 8.50. The quantitative estimate of drug-likeness (QED) is 0.834. The molecule has 0 aliphatic carbocycles. The first-order valence-electron chi connectivity index (χ1n) is 6.55. The van der Waals surface area contributed by atoms with Gasteiger partial charge in [0.2, 0.25) is 0 Å². The second-order valence-corrected chi connectivity index (χ2v) is 5.58. The molecule has 1 N–H and O–H groups in total. The molecule has 0 atom stereocenters. The Morgan fingerprint density at radius 3 is 2.43 bits per heavy atom. The largest absolute Gasteiger partial charge is 0.452 e. The molecule has 1 amide bonds. The molecule has 7 heteroatoms. The lowest BCUT2D eigenvalue weighted by Crippen LogP contribution is -2.21. The van der Waals surface area contributed by atoms with E-state index in [1.54, 1.807) is 25.1 Å². The third kappa shape index (κ3) is 4.68. The summed E-state index contributed by atoms with van der Waals surface area (Å²) in [5.41, 5.74) is 1.03. The van der Waals surface area contributed by atoms with Gasteiger partial charge >= 0.3 is 5.97 Å². The first-order chi connectivity index (χ1) is 10.9. The number of aryl methyl sites for hydroxylation is 1. The van der Waals surface area contributed by atoms with E-state index in [0.29, 0.717) is 10.7 Å². The number of benzene rings is 2. The van der Waals surface area contributed by atoms with Crippen molar-refractivity contribution in [1.82, 2.24) is 0 Å². The van der Waals surface area contributed by atoms with Crippen LogP contribution in [0, 0.1) is 12.7 Å². The van der Waals surface area contributed by atoms with Crippen molar-refractivity contribution >= 4 is 40.8 Å². The summed E-state index contributed by atoms with van der Waals surface area (Å²) in [6.07, 6.45) is 0. The fourth-order valence-electron chi connectivity index (χ4n) is 1.82. The van der Waals surface area contributed by atoms with E-state index in [1.807, 2.05) is 0 Å². The van der Waals surface area contributed by atoms with Crippen LogP contribution in [-0.2, 0) is 9.53 Å². The minimum absolute atomic E-state index is 0.162. The van der Waals surface area contributed by atoms with Crippen LogP contribution < -0.4 is 5.32 Å². The van der Waals surface area contributed by atoms with Gasteiger partial charge in [0, 0.05) is 15.7 Å². The third-order valence-electron chi connectivity index (χ3n) is 2.95. The van der Waals surface area contributed by atoms with Crippen molar-refractivity contribution < 1.29 is 18.7 Å². The Bertz CT molecular complexity index is 765. The lowest BCUT2D eigenvalue weighted by molar-refractivity contribution is -0.119. The van der Waals surface area contributed by atoms with Gasteiger partial charge in [0.15, 0.2) is 6.61 Å². The number of carbonyl (C=O) groups excluding carboxylic acids is 2. The number of halogens is 3. The Kier molecular flexibility index (Phi) is 5.58. The Morgan fingerprint density at radius 1 is 1.13 bits per heavy atom. The van der Waals surface area contributed by atoms with E-state index < -0.39 is 24.3 Å². The number of carbonyl (C=O) groups is 2. The Hall–Kier alpha value is -2.11. The van der Waals surface area contributed by atoms with Crippen LogP contribution in [0.5, 0.6) is 0 Å². The zero-order chi connectivity index (χ0) is 17.0. The molecule has 4 nitrogen and oxygen atoms in total. The highest BCUT2D eigenvalue weighted by atomic mass is 35.5. The molecule has 2 aromatic carbocycles. The van der Waals surface area contributed by atoms with Crippen LogP contribution in [0.25, 0.3) is 0 Å². The Balaban J connectivity index is 1.94. The van der Waals surface area contributed by atoms with Gasteiger partial charge < -0.3 is 10.1 Å². The molecule has 2 aromatic rings. The average molecular weight is 356 g/mol. The monoisotopic (exact) mass is 355 g/mol. The van der Waals surface area contributed by atoms with Crippen LogP contribution in [-0.4, -0.2) is 18.5 Å². The van der Waals surface area contributed by atoms with E-state index in [0.717, 1.165) is 11.6 Å².